The van der Waals surface area contributed by atoms with Gasteiger partial charge in [-0.15, -0.1) is 11.3 Å². The van der Waals surface area contributed by atoms with Gasteiger partial charge in [0.1, 0.15) is 17.3 Å². The number of rotatable bonds is 7. The molecule has 0 aliphatic rings. The van der Waals surface area contributed by atoms with Gasteiger partial charge >= 0.3 is 0 Å². The molecule has 134 valence electrons. The van der Waals surface area contributed by atoms with E-state index in [2.05, 4.69) is 10.3 Å². The Hall–Kier alpha value is -2.35. The zero-order chi connectivity index (χ0) is 18.4. The van der Waals surface area contributed by atoms with Crippen molar-refractivity contribution in [3.8, 4) is 0 Å². The predicted molar refractivity (Wildman–Crippen MR) is 92.9 cm³/mol. The number of benzene rings is 1. The predicted octanol–water partition coefficient (Wildman–Crippen LogP) is 3.94. The molecule has 0 bridgehead atoms. The fourth-order valence-electron chi connectivity index (χ4n) is 2.20. The van der Waals surface area contributed by atoms with Crippen LogP contribution in [0.1, 0.15) is 47.5 Å². The number of carbonyl (C=O) groups is 2. The van der Waals surface area contributed by atoms with E-state index >= 15 is 0 Å². The van der Waals surface area contributed by atoms with E-state index in [1.54, 1.807) is 10.3 Å². The minimum Gasteiger partial charge on any atom is -0.338 e. The summed E-state index contributed by atoms with van der Waals surface area (Å²) in [7, 11) is 0. The van der Waals surface area contributed by atoms with Crippen molar-refractivity contribution in [1.82, 2.24) is 9.88 Å². The molecule has 2 aromatic rings. The number of amides is 2. The highest BCUT2D eigenvalue weighted by molar-refractivity contribution is 7.14. The fraction of sp³-hybridized carbons (Fsp3) is 0.353. The van der Waals surface area contributed by atoms with Crippen molar-refractivity contribution < 1.29 is 18.4 Å². The van der Waals surface area contributed by atoms with Crippen LogP contribution in [0.4, 0.5) is 13.9 Å². The minimum atomic E-state index is -0.838. The van der Waals surface area contributed by atoms with Crippen molar-refractivity contribution in [3.05, 3.63) is 46.5 Å². The molecule has 0 saturated carbocycles. The molecule has 2 amide bonds. The van der Waals surface area contributed by atoms with Crippen LogP contribution in [0.5, 0.6) is 0 Å². The maximum absolute atomic E-state index is 13.2. The van der Waals surface area contributed by atoms with E-state index < -0.39 is 17.5 Å². The lowest BCUT2D eigenvalue weighted by Gasteiger charge is -2.19. The quantitative estimate of drug-likeness (QED) is 0.806. The maximum Gasteiger partial charge on any atom is 0.273 e. The summed E-state index contributed by atoms with van der Waals surface area (Å²) < 4.78 is 26.4. The molecule has 0 aliphatic carbocycles. The number of unbranched alkanes of at least 4 members (excludes halogenated alkanes) is 1. The van der Waals surface area contributed by atoms with Crippen LogP contribution in [-0.4, -0.2) is 34.8 Å². The van der Waals surface area contributed by atoms with Crippen molar-refractivity contribution in [2.45, 2.75) is 26.7 Å². The Kier molecular flexibility index (Phi) is 6.58. The molecule has 0 atom stereocenters. The zero-order valence-corrected chi connectivity index (χ0v) is 14.8. The van der Waals surface area contributed by atoms with Crippen LogP contribution >= 0.6 is 11.3 Å². The standard InChI is InChI=1S/C17H19F2N3O2S/c1-3-5-6-22(4-2)16(24)14-10-25-17(20-14)21-15(23)11-7-12(18)9-13(19)8-11/h7-10H,3-6H2,1-2H3,(H,20,21,23). The van der Waals surface area contributed by atoms with Gasteiger partial charge in [-0.25, -0.2) is 13.8 Å². The molecule has 2 rings (SSSR count). The molecule has 25 heavy (non-hydrogen) atoms. The van der Waals surface area contributed by atoms with Gasteiger partial charge < -0.3 is 4.90 Å². The first-order chi connectivity index (χ1) is 11.9. The summed E-state index contributed by atoms with van der Waals surface area (Å²) in [6.07, 6.45) is 1.88. The van der Waals surface area contributed by atoms with Crippen molar-refractivity contribution in [2.75, 3.05) is 18.4 Å². The summed E-state index contributed by atoms with van der Waals surface area (Å²) in [6.45, 7) is 5.15. The van der Waals surface area contributed by atoms with Gasteiger partial charge in [0.15, 0.2) is 5.13 Å². The van der Waals surface area contributed by atoms with E-state index in [0.29, 0.717) is 19.2 Å². The van der Waals surface area contributed by atoms with E-state index in [-0.39, 0.29) is 22.3 Å². The second-order valence-corrected chi connectivity index (χ2v) is 6.25. The van der Waals surface area contributed by atoms with Crippen molar-refractivity contribution in [1.29, 1.82) is 0 Å². The van der Waals surface area contributed by atoms with Crippen LogP contribution in [0.2, 0.25) is 0 Å². The fourth-order valence-corrected chi connectivity index (χ4v) is 2.88. The number of carbonyl (C=O) groups excluding carboxylic acids is 2. The van der Waals surface area contributed by atoms with Crippen LogP contribution < -0.4 is 5.32 Å². The topological polar surface area (TPSA) is 62.3 Å². The lowest BCUT2D eigenvalue weighted by atomic mass is 10.2. The summed E-state index contributed by atoms with van der Waals surface area (Å²) in [5.74, 6) is -2.57. The van der Waals surface area contributed by atoms with E-state index in [0.717, 1.165) is 36.3 Å². The third kappa shape index (κ3) is 5.06. The van der Waals surface area contributed by atoms with Gasteiger partial charge in [-0.2, -0.15) is 0 Å². The Morgan fingerprint density at radius 1 is 1.20 bits per heavy atom. The number of hydrogen-bond acceptors (Lipinski definition) is 4. The molecule has 0 fully saturated rings. The first kappa shape index (κ1) is 19.0. The van der Waals surface area contributed by atoms with Crippen molar-refractivity contribution >= 4 is 28.3 Å². The van der Waals surface area contributed by atoms with E-state index in [1.165, 1.54) is 0 Å². The smallest absolute Gasteiger partial charge is 0.273 e. The van der Waals surface area contributed by atoms with E-state index in [4.69, 9.17) is 0 Å². The van der Waals surface area contributed by atoms with Gasteiger partial charge in [0.2, 0.25) is 0 Å². The number of hydrogen-bond donors (Lipinski definition) is 1. The molecule has 1 aromatic carbocycles. The van der Waals surface area contributed by atoms with Crippen molar-refractivity contribution in [2.24, 2.45) is 0 Å². The van der Waals surface area contributed by atoms with Gasteiger partial charge in [-0.1, -0.05) is 13.3 Å². The summed E-state index contributed by atoms with van der Waals surface area (Å²) in [4.78, 5) is 30.2. The van der Waals surface area contributed by atoms with E-state index in [1.807, 2.05) is 13.8 Å². The van der Waals surface area contributed by atoms with Crippen LogP contribution in [0, 0.1) is 11.6 Å². The molecule has 5 nitrogen and oxygen atoms in total. The average Bonchev–Trinajstić information content (AvgIpc) is 3.03. The summed E-state index contributed by atoms with van der Waals surface area (Å²) in [6, 6.07) is 2.55. The maximum atomic E-state index is 13.2. The monoisotopic (exact) mass is 367 g/mol. The normalized spacial score (nSPS) is 10.6. The Labute approximate surface area is 148 Å². The van der Waals surface area contributed by atoms with Crippen LogP contribution in [-0.2, 0) is 0 Å². The molecule has 0 spiro atoms. The van der Waals surface area contributed by atoms with Gasteiger partial charge in [0.25, 0.3) is 11.8 Å². The Balaban J connectivity index is 2.07. The molecular weight excluding hydrogens is 348 g/mol. The van der Waals surface area contributed by atoms with Gasteiger partial charge in [0.05, 0.1) is 0 Å². The molecule has 0 saturated heterocycles. The first-order valence-electron chi connectivity index (χ1n) is 7.96. The highest BCUT2D eigenvalue weighted by Gasteiger charge is 2.18. The van der Waals surface area contributed by atoms with Crippen LogP contribution in [0.3, 0.4) is 0 Å². The average molecular weight is 367 g/mol. The molecular formula is C17H19F2N3O2S. The molecule has 1 heterocycles. The Morgan fingerprint density at radius 2 is 1.88 bits per heavy atom. The first-order valence-corrected chi connectivity index (χ1v) is 8.84. The van der Waals surface area contributed by atoms with Crippen LogP contribution in [0.15, 0.2) is 23.6 Å². The molecule has 0 unspecified atom stereocenters. The lowest BCUT2D eigenvalue weighted by molar-refractivity contribution is 0.0757. The summed E-state index contributed by atoms with van der Waals surface area (Å²) in [5.41, 5.74) is 0.0855. The minimum absolute atomic E-state index is 0.154. The second-order valence-electron chi connectivity index (χ2n) is 5.39. The number of nitrogens with one attached hydrogen (secondary N) is 1. The molecule has 1 aromatic heterocycles. The number of nitrogens with zero attached hydrogens (tertiary/aromatic N) is 2. The van der Waals surface area contributed by atoms with Gasteiger partial charge in [0, 0.05) is 30.1 Å². The zero-order valence-electron chi connectivity index (χ0n) is 14.0. The highest BCUT2D eigenvalue weighted by Crippen LogP contribution is 2.19. The largest absolute Gasteiger partial charge is 0.338 e. The van der Waals surface area contributed by atoms with Crippen LogP contribution in [0.25, 0.3) is 0 Å². The SMILES string of the molecule is CCCCN(CC)C(=O)c1csc(NC(=O)c2cc(F)cc(F)c2)n1. The highest BCUT2D eigenvalue weighted by atomic mass is 32.1. The Bertz CT molecular complexity index is 744. The number of aromatic nitrogens is 1. The summed E-state index contributed by atoms with van der Waals surface area (Å²) >= 11 is 1.08. The molecule has 1 N–H and O–H groups in total. The van der Waals surface area contributed by atoms with Gasteiger partial charge in [-0.3, -0.25) is 14.9 Å². The molecule has 8 heteroatoms. The van der Waals surface area contributed by atoms with E-state index in [9.17, 15) is 18.4 Å². The number of anilines is 1. The van der Waals surface area contributed by atoms with Gasteiger partial charge in [-0.05, 0) is 25.5 Å². The molecule has 0 radical (unpaired) electrons. The second kappa shape index (κ2) is 8.66. The Morgan fingerprint density at radius 3 is 2.48 bits per heavy atom. The third-order valence-electron chi connectivity index (χ3n) is 3.52. The van der Waals surface area contributed by atoms with Crippen molar-refractivity contribution in [3.63, 3.8) is 0 Å². The number of halogens is 2. The lowest BCUT2D eigenvalue weighted by Crippen LogP contribution is -2.32. The number of thiazole rings is 1. The summed E-state index contributed by atoms with van der Waals surface area (Å²) in [5, 5.41) is 4.21. The third-order valence-corrected chi connectivity index (χ3v) is 4.28. The molecule has 0 aliphatic heterocycles.